The van der Waals surface area contributed by atoms with E-state index < -0.39 is 0 Å². The lowest BCUT2D eigenvalue weighted by Crippen LogP contribution is -2.33. The normalized spacial score (nSPS) is 10.2. The standard InChI is InChI=1S/C21H25N3O3/c1-14-8-9-18(10-15(14)2)21(27)22-12-20(26)23-19-7-5-6-17(11-19)13-24(4)16(3)25/h5-11H,12-13H2,1-4H3,(H,22,27)(H,23,26). The fourth-order valence-corrected chi connectivity index (χ4v) is 2.48. The molecule has 0 aliphatic rings. The van der Waals surface area contributed by atoms with Crippen molar-refractivity contribution in [2.24, 2.45) is 0 Å². The van der Waals surface area contributed by atoms with E-state index >= 15 is 0 Å². The molecule has 0 saturated carbocycles. The first kappa shape index (κ1) is 20.2. The molecule has 6 heteroatoms. The number of amides is 3. The summed E-state index contributed by atoms with van der Waals surface area (Å²) in [5.74, 6) is -0.632. The Morgan fingerprint density at radius 3 is 2.41 bits per heavy atom. The van der Waals surface area contributed by atoms with Crippen molar-refractivity contribution < 1.29 is 14.4 Å². The van der Waals surface area contributed by atoms with Gasteiger partial charge in [-0.25, -0.2) is 0 Å². The second-order valence-electron chi connectivity index (χ2n) is 6.61. The third-order valence-corrected chi connectivity index (χ3v) is 4.35. The van der Waals surface area contributed by atoms with Crippen molar-refractivity contribution in [1.29, 1.82) is 0 Å². The Morgan fingerprint density at radius 2 is 1.74 bits per heavy atom. The van der Waals surface area contributed by atoms with Gasteiger partial charge in [0.15, 0.2) is 0 Å². The molecule has 0 atom stereocenters. The minimum absolute atomic E-state index is 0.0292. The number of hydrogen-bond donors (Lipinski definition) is 2. The second kappa shape index (κ2) is 8.98. The number of benzene rings is 2. The van der Waals surface area contributed by atoms with Crippen molar-refractivity contribution in [2.75, 3.05) is 18.9 Å². The van der Waals surface area contributed by atoms with Gasteiger partial charge in [-0.2, -0.15) is 0 Å². The summed E-state index contributed by atoms with van der Waals surface area (Å²) in [5.41, 5.74) is 4.19. The minimum Gasteiger partial charge on any atom is -0.343 e. The van der Waals surface area contributed by atoms with Crippen LogP contribution in [-0.4, -0.2) is 36.2 Å². The molecule has 27 heavy (non-hydrogen) atoms. The fraction of sp³-hybridized carbons (Fsp3) is 0.286. The zero-order valence-electron chi connectivity index (χ0n) is 16.1. The maximum atomic E-state index is 12.2. The van der Waals surface area contributed by atoms with Crippen LogP contribution in [-0.2, 0) is 16.1 Å². The lowest BCUT2D eigenvalue weighted by molar-refractivity contribution is -0.128. The van der Waals surface area contributed by atoms with Gasteiger partial charge in [0.2, 0.25) is 11.8 Å². The smallest absolute Gasteiger partial charge is 0.251 e. The molecular formula is C21H25N3O3. The number of aryl methyl sites for hydroxylation is 2. The Bertz CT molecular complexity index is 862. The van der Waals surface area contributed by atoms with Crippen LogP contribution in [0.3, 0.4) is 0 Å². The third-order valence-electron chi connectivity index (χ3n) is 4.35. The summed E-state index contributed by atoms with van der Waals surface area (Å²) in [6.45, 7) is 5.76. The third kappa shape index (κ3) is 5.95. The van der Waals surface area contributed by atoms with E-state index in [4.69, 9.17) is 0 Å². The summed E-state index contributed by atoms with van der Waals surface area (Å²) < 4.78 is 0. The summed E-state index contributed by atoms with van der Waals surface area (Å²) in [6.07, 6.45) is 0. The first-order chi connectivity index (χ1) is 12.8. The number of carbonyl (C=O) groups is 3. The first-order valence-corrected chi connectivity index (χ1v) is 8.72. The van der Waals surface area contributed by atoms with Gasteiger partial charge in [0, 0.05) is 31.8 Å². The van der Waals surface area contributed by atoms with E-state index in [0.29, 0.717) is 17.8 Å². The Morgan fingerprint density at radius 1 is 1.00 bits per heavy atom. The highest BCUT2D eigenvalue weighted by molar-refractivity contribution is 5.99. The molecule has 0 spiro atoms. The SMILES string of the molecule is CC(=O)N(C)Cc1cccc(NC(=O)CNC(=O)c2ccc(C)c(C)c2)c1. The van der Waals surface area contributed by atoms with Gasteiger partial charge >= 0.3 is 0 Å². The molecule has 0 aliphatic carbocycles. The van der Waals surface area contributed by atoms with Crippen molar-refractivity contribution in [2.45, 2.75) is 27.3 Å². The van der Waals surface area contributed by atoms with Crippen molar-refractivity contribution in [1.82, 2.24) is 10.2 Å². The average molecular weight is 367 g/mol. The predicted octanol–water partition coefficient (Wildman–Crippen LogP) is 2.65. The largest absolute Gasteiger partial charge is 0.343 e. The van der Waals surface area contributed by atoms with E-state index in [2.05, 4.69) is 10.6 Å². The van der Waals surface area contributed by atoms with Gasteiger partial charge in [0.1, 0.15) is 0 Å². The van der Waals surface area contributed by atoms with Crippen molar-refractivity contribution in [3.63, 3.8) is 0 Å². The van der Waals surface area contributed by atoms with Gasteiger partial charge in [0.25, 0.3) is 5.91 Å². The molecule has 142 valence electrons. The first-order valence-electron chi connectivity index (χ1n) is 8.72. The fourth-order valence-electron chi connectivity index (χ4n) is 2.48. The molecule has 0 radical (unpaired) electrons. The van der Waals surface area contributed by atoms with Crippen molar-refractivity contribution >= 4 is 23.4 Å². The quantitative estimate of drug-likeness (QED) is 0.824. The zero-order valence-corrected chi connectivity index (χ0v) is 16.1. The number of anilines is 1. The Kier molecular flexibility index (Phi) is 6.71. The van der Waals surface area contributed by atoms with Crippen LogP contribution in [0.5, 0.6) is 0 Å². The monoisotopic (exact) mass is 367 g/mol. The van der Waals surface area contributed by atoms with Gasteiger partial charge in [-0.05, 0) is 54.8 Å². The average Bonchev–Trinajstić information content (AvgIpc) is 2.62. The molecule has 2 aromatic carbocycles. The van der Waals surface area contributed by atoms with Gasteiger partial charge in [-0.15, -0.1) is 0 Å². The molecule has 0 unspecified atom stereocenters. The lowest BCUT2D eigenvalue weighted by atomic mass is 10.1. The van der Waals surface area contributed by atoms with Gasteiger partial charge in [-0.3, -0.25) is 14.4 Å². The van der Waals surface area contributed by atoms with Crippen LogP contribution in [0.1, 0.15) is 34.0 Å². The van der Waals surface area contributed by atoms with Crippen LogP contribution in [0, 0.1) is 13.8 Å². The molecule has 0 saturated heterocycles. The van der Waals surface area contributed by atoms with E-state index in [9.17, 15) is 14.4 Å². The van der Waals surface area contributed by atoms with Crippen LogP contribution in [0.4, 0.5) is 5.69 Å². The topological polar surface area (TPSA) is 78.5 Å². The van der Waals surface area contributed by atoms with E-state index in [1.165, 1.54) is 6.92 Å². The Labute approximate surface area is 159 Å². The summed E-state index contributed by atoms with van der Waals surface area (Å²) >= 11 is 0. The summed E-state index contributed by atoms with van der Waals surface area (Å²) in [5, 5.41) is 5.38. The Hall–Kier alpha value is -3.15. The van der Waals surface area contributed by atoms with E-state index in [-0.39, 0.29) is 24.3 Å². The summed E-state index contributed by atoms with van der Waals surface area (Å²) in [7, 11) is 1.72. The maximum absolute atomic E-state index is 12.2. The number of rotatable bonds is 6. The van der Waals surface area contributed by atoms with Crippen molar-refractivity contribution in [3.05, 3.63) is 64.7 Å². The summed E-state index contributed by atoms with van der Waals surface area (Å²) in [6, 6.07) is 12.7. The van der Waals surface area contributed by atoms with Crippen LogP contribution < -0.4 is 10.6 Å². The predicted molar refractivity (Wildman–Crippen MR) is 105 cm³/mol. The molecule has 3 amide bonds. The minimum atomic E-state index is -0.316. The molecule has 2 rings (SSSR count). The number of nitrogens with zero attached hydrogens (tertiary/aromatic N) is 1. The maximum Gasteiger partial charge on any atom is 0.251 e. The highest BCUT2D eigenvalue weighted by Gasteiger charge is 2.10. The number of nitrogens with one attached hydrogen (secondary N) is 2. The van der Waals surface area contributed by atoms with E-state index in [0.717, 1.165) is 16.7 Å². The Balaban J connectivity index is 1.91. The molecule has 0 aliphatic heterocycles. The van der Waals surface area contributed by atoms with Crippen LogP contribution >= 0.6 is 0 Å². The number of carbonyl (C=O) groups excluding carboxylic acids is 3. The zero-order chi connectivity index (χ0) is 20.0. The molecular weight excluding hydrogens is 342 g/mol. The van der Waals surface area contributed by atoms with Gasteiger partial charge < -0.3 is 15.5 Å². The molecule has 0 fully saturated rings. The molecule has 6 nitrogen and oxygen atoms in total. The molecule has 0 aromatic heterocycles. The van der Waals surface area contributed by atoms with Crippen LogP contribution in [0.15, 0.2) is 42.5 Å². The van der Waals surface area contributed by atoms with E-state index in [1.807, 2.05) is 38.1 Å². The van der Waals surface area contributed by atoms with Crippen LogP contribution in [0.25, 0.3) is 0 Å². The van der Waals surface area contributed by atoms with Crippen LogP contribution in [0.2, 0.25) is 0 Å². The van der Waals surface area contributed by atoms with Gasteiger partial charge in [0.05, 0.1) is 6.54 Å². The highest BCUT2D eigenvalue weighted by atomic mass is 16.2. The molecule has 2 aromatic rings. The van der Waals surface area contributed by atoms with Crippen molar-refractivity contribution in [3.8, 4) is 0 Å². The molecule has 0 heterocycles. The van der Waals surface area contributed by atoms with Gasteiger partial charge in [-0.1, -0.05) is 18.2 Å². The molecule has 2 N–H and O–H groups in total. The second-order valence-corrected chi connectivity index (χ2v) is 6.61. The number of hydrogen-bond acceptors (Lipinski definition) is 3. The highest BCUT2D eigenvalue weighted by Crippen LogP contribution is 2.12. The molecule has 0 bridgehead atoms. The van der Waals surface area contributed by atoms with E-state index in [1.54, 1.807) is 30.1 Å². The lowest BCUT2D eigenvalue weighted by Gasteiger charge is -2.15. The summed E-state index contributed by atoms with van der Waals surface area (Å²) in [4.78, 5) is 37.2.